The number of carbonyl (C=O) groups is 3. The molecule has 3 aliphatic carbocycles. The Morgan fingerprint density at radius 3 is 2.66 bits per heavy atom. The summed E-state index contributed by atoms with van der Waals surface area (Å²) < 4.78 is 0. The van der Waals surface area contributed by atoms with Crippen LogP contribution in [0.2, 0.25) is 0 Å². The number of amides is 1. The highest BCUT2D eigenvalue weighted by Gasteiger charge is 2.64. The predicted molar refractivity (Wildman–Crippen MR) is 120 cm³/mol. The van der Waals surface area contributed by atoms with Gasteiger partial charge in [-0.2, -0.15) is 0 Å². The molecule has 0 bridgehead atoms. The molecule has 3 aromatic rings. The number of H-pyrrole nitrogens is 1. The van der Waals surface area contributed by atoms with E-state index in [1.54, 1.807) is 18.3 Å². The van der Waals surface area contributed by atoms with Crippen LogP contribution >= 0.6 is 0 Å². The monoisotopic (exact) mass is 426 g/mol. The highest BCUT2D eigenvalue weighted by Crippen LogP contribution is 2.60. The normalized spacial score (nSPS) is 23.3. The van der Waals surface area contributed by atoms with Crippen molar-refractivity contribution in [3.05, 3.63) is 59.9 Å². The first-order chi connectivity index (χ1) is 15.5. The maximum atomic E-state index is 13.3. The SMILES string of the molecule is C[C@@]12C[C@@H]1C(=O)c1c([nH]c(-c3ccnc(NC(=O)C4CC4)c3)c1Nc1ccccc1)C2=O. The number of aromatic nitrogens is 2. The zero-order valence-electron chi connectivity index (χ0n) is 17.6. The molecule has 160 valence electrons. The quantitative estimate of drug-likeness (QED) is 0.554. The zero-order chi connectivity index (χ0) is 22.0. The molecule has 0 radical (unpaired) electrons. The average Bonchev–Trinajstić information content (AvgIpc) is 3.71. The molecule has 0 saturated heterocycles. The number of hydrogen-bond acceptors (Lipinski definition) is 5. The standard InChI is InChI=1S/C25H22N4O3/c1-25-12-16(25)22(30)18-20(27-15-5-3-2-4-6-15)19(29-21(18)23(25)31)14-9-10-26-17(11-14)28-24(32)13-7-8-13/h2-6,9-11,13,16,27,29H,7-8,12H2,1H3,(H,26,28,32)/t16-,25-/m1/s1. The lowest BCUT2D eigenvalue weighted by atomic mass is 9.86. The summed E-state index contributed by atoms with van der Waals surface area (Å²) in [6.45, 7) is 1.86. The van der Waals surface area contributed by atoms with E-state index >= 15 is 0 Å². The molecule has 2 aromatic heterocycles. The molecule has 1 aromatic carbocycles. The smallest absolute Gasteiger partial charge is 0.228 e. The van der Waals surface area contributed by atoms with E-state index in [2.05, 4.69) is 20.6 Å². The minimum Gasteiger partial charge on any atom is -0.353 e. The van der Waals surface area contributed by atoms with Gasteiger partial charge in [-0.3, -0.25) is 14.4 Å². The van der Waals surface area contributed by atoms with Gasteiger partial charge in [0.1, 0.15) is 5.82 Å². The minimum absolute atomic E-state index is 0.000605. The number of rotatable bonds is 5. The zero-order valence-corrected chi connectivity index (χ0v) is 17.6. The van der Waals surface area contributed by atoms with Gasteiger partial charge in [0.2, 0.25) is 5.91 Å². The number of pyridine rings is 1. The summed E-state index contributed by atoms with van der Waals surface area (Å²) in [5.74, 6) is 0.214. The molecule has 3 aliphatic rings. The van der Waals surface area contributed by atoms with Crippen LogP contribution in [0.5, 0.6) is 0 Å². The maximum absolute atomic E-state index is 13.3. The second-order valence-corrected chi connectivity index (χ2v) is 9.18. The summed E-state index contributed by atoms with van der Waals surface area (Å²) in [6.07, 6.45) is 4.03. The Balaban J connectivity index is 1.46. The molecule has 2 saturated carbocycles. The summed E-state index contributed by atoms with van der Waals surface area (Å²) in [5.41, 5.74) is 2.96. The third-order valence-electron chi connectivity index (χ3n) is 6.84. The number of benzene rings is 1. The molecule has 0 aliphatic heterocycles. The van der Waals surface area contributed by atoms with Crippen LogP contribution in [0, 0.1) is 17.3 Å². The molecule has 0 unspecified atom stereocenters. The molecule has 1 amide bonds. The van der Waals surface area contributed by atoms with Gasteiger partial charge in [-0.1, -0.05) is 25.1 Å². The topological polar surface area (TPSA) is 104 Å². The van der Waals surface area contributed by atoms with Crippen LogP contribution in [0.1, 0.15) is 47.0 Å². The van der Waals surface area contributed by atoms with Crippen LogP contribution in [-0.2, 0) is 4.79 Å². The Morgan fingerprint density at radius 2 is 1.91 bits per heavy atom. The number of Topliss-reactive ketones (excluding diaryl/α,β-unsaturated/α-hetero) is 2. The van der Waals surface area contributed by atoms with Gasteiger partial charge < -0.3 is 15.6 Å². The molecule has 2 fully saturated rings. The first-order valence-corrected chi connectivity index (χ1v) is 10.9. The lowest BCUT2D eigenvalue weighted by Crippen LogP contribution is -2.26. The Kier molecular flexibility index (Phi) is 3.93. The van der Waals surface area contributed by atoms with Crippen molar-refractivity contribution < 1.29 is 14.4 Å². The van der Waals surface area contributed by atoms with Crippen molar-refractivity contribution in [2.75, 3.05) is 10.6 Å². The van der Waals surface area contributed by atoms with Crippen LogP contribution in [-0.4, -0.2) is 27.4 Å². The van der Waals surface area contributed by atoms with E-state index in [0.29, 0.717) is 34.9 Å². The van der Waals surface area contributed by atoms with Gasteiger partial charge in [-0.25, -0.2) is 4.98 Å². The summed E-state index contributed by atoms with van der Waals surface area (Å²) >= 11 is 0. The number of fused-ring (bicyclic) bond motifs is 2. The molecule has 3 N–H and O–H groups in total. The van der Waals surface area contributed by atoms with Crippen molar-refractivity contribution in [3.63, 3.8) is 0 Å². The molecule has 7 nitrogen and oxygen atoms in total. The van der Waals surface area contributed by atoms with Crippen LogP contribution in [0.15, 0.2) is 48.7 Å². The summed E-state index contributed by atoms with van der Waals surface area (Å²) in [7, 11) is 0. The number of hydrogen-bond donors (Lipinski definition) is 3. The molecule has 6 rings (SSSR count). The van der Waals surface area contributed by atoms with Crippen molar-refractivity contribution in [2.45, 2.75) is 26.2 Å². The average molecular weight is 426 g/mol. The van der Waals surface area contributed by atoms with E-state index in [-0.39, 0.29) is 29.3 Å². The number of ketones is 2. The largest absolute Gasteiger partial charge is 0.353 e. The van der Waals surface area contributed by atoms with E-state index < -0.39 is 5.41 Å². The molecule has 2 atom stereocenters. The second-order valence-electron chi connectivity index (χ2n) is 9.18. The summed E-state index contributed by atoms with van der Waals surface area (Å²) in [6, 6.07) is 13.1. The third kappa shape index (κ3) is 2.88. The predicted octanol–water partition coefficient (Wildman–Crippen LogP) is 4.57. The van der Waals surface area contributed by atoms with Crippen LogP contribution in [0.25, 0.3) is 11.3 Å². The molecule has 7 heteroatoms. The Bertz CT molecular complexity index is 1290. The van der Waals surface area contributed by atoms with Gasteiger partial charge in [0.25, 0.3) is 0 Å². The fourth-order valence-corrected chi connectivity index (χ4v) is 4.61. The van der Waals surface area contributed by atoms with Gasteiger partial charge in [0.15, 0.2) is 11.6 Å². The van der Waals surface area contributed by atoms with Crippen LogP contribution < -0.4 is 10.6 Å². The van der Waals surface area contributed by atoms with Gasteiger partial charge in [0, 0.05) is 34.7 Å². The first kappa shape index (κ1) is 19.0. The lowest BCUT2D eigenvalue weighted by molar-refractivity contribution is -0.117. The molecular formula is C25H22N4O3. The lowest BCUT2D eigenvalue weighted by Gasteiger charge is -2.17. The van der Waals surface area contributed by atoms with Crippen LogP contribution in [0.4, 0.5) is 17.2 Å². The van der Waals surface area contributed by atoms with Crippen LogP contribution in [0.3, 0.4) is 0 Å². The van der Waals surface area contributed by atoms with E-state index in [9.17, 15) is 14.4 Å². The molecule has 0 spiro atoms. The second kappa shape index (κ2) is 6.63. The fraction of sp³-hybridized carbons (Fsp3) is 0.280. The van der Waals surface area contributed by atoms with Gasteiger partial charge >= 0.3 is 0 Å². The van der Waals surface area contributed by atoms with E-state index in [0.717, 1.165) is 24.1 Å². The Hall–Kier alpha value is -3.74. The van der Waals surface area contributed by atoms with Gasteiger partial charge in [-0.05, 0) is 43.5 Å². The third-order valence-corrected chi connectivity index (χ3v) is 6.84. The van der Waals surface area contributed by atoms with Crippen molar-refractivity contribution in [1.82, 2.24) is 9.97 Å². The van der Waals surface area contributed by atoms with Crippen molar-refractivity contribution in [2.24, 2.45) is 17.3 Å². The Morgan fingerprint density at radius 1 is 1.12 bits per heavy atom. The van der Waals surface area contributed by atoms with Crippen molar-refractivity contribution in [3.8, 4) is 11.3 Å². The molecular weight excluding hydrogens is 404 g/mol. The maximum Gasteiger partial charge on any atom is 0.228 e. The molecule has 2 heterocycles. The van der Waals surface area contributed by atoms with E-state index in [1.165, 1.54) is 0 Å². The molecule has 32 heavy (non-hydrogen) atoms. The summed E-state index contributed by atoms with van der Waals surface area (Å²) in [4.78, 5) is 46.2. The highest BCUT2D eigenvalue weighted by molar-refractivity contribution is 6.24. The van der Waals surface area contributed by atoms with E-state index in [4.69, 9.17) is 0 Å². The van der Waals surface area contributed by atoms with Gasteiger partial charge in [-0.15, -0.1) is 0 Å². The highest BCUT2D eigenvalue weighted by atomic mass is 16.2. The number of carbonyl (C=O) groups excluding carboxylic acids is 3. The number of anilines is 3. The number of para-hydroxylation sites is 1. The Labute approximate surface area is 184 Å². The van der Waals surface area contributed by atoms with Crippen molar-refractivity contribution >= 4 is 34.7 Å². The number of nitrogens with one attached hydrogen (secondary N) is 3. The number of nitrogens with zero attached hydrogens (tertiary/aromatic N) is 1. The number of aromatic amines is 1. The van der Waals surface area contributed by atoms with Gasteiger partial charge in [0.05, 0.1) is 22.6 Å². The first-order valence-electron chi connectivity index (χ1n) is 10.9. The summed E-state index contributed by atoms with van der Waals surface area (Å²) in [5, 5.41) is 6.22. The van der Waals surface area contributed by atoms with E-state index in [1.807, 2.05) is 37.3 Å². The minimum atomic E-state index is -0.599. The fourth-order valence-electron chi connectivity index (χ4n) is 4.61. The van der Waals surface area contributed by atoms with Crippen molar-refractivity contribution in [1.29, 1.82) is 0 Å².